The number of amides is 1. The van der Waals surface area contributed by atoms with Gasteiger partial charge in [0.25, 0.3) is 5.56 Å². The van der Waals surface area contributed by atoms with Crippen molar-refractivity contribution in [2.75, 3.05) is 0 Å². The molecule has 6 nitrogen and oxygen atoms in total. The van der Waals surface area contributed by atoms with Gasteiger partial charge < -0.3 is 10.3 Å². The molecule has 1 aromatic rings. The second-order valence-corrected chi connectivity index (χ2v) is 7.76. The van der Waals surface area contributed by atoms with Gasteiger partial charge in [0.1, 0.15) is 5.82 Å². The Kier molecular flexibility index (Phi) is 4.44. The molecule has 0 aromatic carbocycles. The highest BCUT2D eigenvalue weighted by molar-refractivity contribution is 5.80. The molecule has 2 bridgehead atoms. The van der Waals surface area contributed by atoms with Gasteiger partial charge in [-0.2, -0.15) is 0 Å². The van der Waals surface area contributed by atoms with E-state index in [1.807, 2.05) is 6.92 Å². The van der Waals surface area contributed by atoms with Gasteiger partial charge in [0.2, 0.25) is 5.91 Å². The summed E-state index contributed by atoms with van der Waals surface area (Å²) in [5, 5.41) is 11.5. The lowest BCUT2D eigenvalue weighted by Gasteiger charge is -2.22. The van der Waals surface area contributed by atoms with Crippen molar-refractivity contribution in [3.05, 3.63) is 34.0 Å². The van der Waals surface area contributed by atoms with Crippen LogP contribution in [-0.2, 0) is 4.79 Å². The number of hydrogen-bond donors (Lipinski definition) is 2. The third-order valence-corrected chi connectivity index (χ3v) is 6.15. The average Bonchev–Trinajstić information content (AvgIpc) is 3.37. The van der Waals surface area contributed by atoms with Gasteiger partial charge in [0.05, 0.1) is 6.04 Å². The third-order valence-electron chi connectivity index (χ3n) is 6.15. The Morgan fingerprint density at radius 3 is 2.68 bits per heavy atom. The number of fused-ring (bicyclic) bond motifs is 2. The lowest BCUT2D eigenvalue weighted by molar-refractivity contribution is -0.126. The summed E-state index contributed by atoms with van der Waals surface area (Å²) in [4.78, 5) is 28.1. The number of H-pyrrole nitrogens is 1. The maximum atomic E-state index is 12.7. The summed E-state index contributed by atoms with van der Waals surface area (Å²) >= 11 is 0. The first-order chi connectivity index (χ1) is 12.2. The van der Waals surface area contributed by atoms with Crippen LogP contribution in [0.25, 0.3) is 0 Å². The molecule has 0 radical (unpaired) electrons. The van der Waals surface area contributed by atoms with Crippen molar-refractivity contribution in [3.63, 3.8) is 0 Å². The number of carbonyl (C=O) groups excluding carboxylic acids is 1. The second kappa shape index (κ2) is 6.73. The van der Waals surface area contributed by atoms with E-state index in [0.29, 0.717) is 35.7 Å². The number of nitrogens with zero attached hydrogens (tertiary/aromatic N) is 2. The van der Waals surface area contributed by atoms with Gasteiger partial charge in [0, 0.05) is 11.8 Å². The number of hydrogen-bond acceptors (Lipinski definition) is 4. The summed E-state index contributed by atoms with van der Waals surface area (Å²) in [5.74, 6) is 2.01. The van der Waals surface area contributed by atoms with Gasteiger partial charge >= 0.3 is 0 Å². The van der Waals surface area contributed by atoms with E-state index in [-0.39, 0.29) is 23.4 Å². The zero-order valence-electron chi connectivity index (χ0n) is 14.7. The topological polar surface area (TPSA) is 87.7 Å². The normalized spacial score (nSPS) is 29.2. The van der Waals surface area contributed by atoms with E-state index < -0.39 is 0 Å². The Labute approximate surface area is 147 Å². The molecule has 3 aliphatic rings. The van der Waals surface area contributed by atoms with Crippen LogP contribution in [0.3, 0.4) is 0 Å². The first kappa shape index (κ1) is 16.5. The molecule has 0 saturated heterocycles. The minimum absolute atomic E-state index is 0.0360. The molecule has 3 aliphatic carbocycles. The van der Waals surface area contributed by atoms with Crippen molar-refractivity contribution in [1.82, 2.24) is 20.5 Å². The zero-order valence-corrected chi connectivity index (χ0v) is 14.7. The number of rotatable bonds is 5. The minimum Gasteiger partial charge on any atom is -0.347 e. The Bertz CT molecular complexity index is 735. The van der Waals surface area contributed by atoms with Crippen LogP contribution in [0.15, 0.2) is 16.9 Å². The fraction of sp³-hybridized carbons (Fsp3) is 0.684. The standard InChI is InChI=1S/C19H26N4O2/c1-2-15(20-18(24)14-10-11-7-8-13(14)9-11)16-19(25)21-17(23-22-16)12-5-3-4-6-12/h7-8,11-15H,2-6,9-10H2,1H3,(H,20,24)(H,21,23,25). The monoisotopic (exact) mass is 342 g/mol. The van der Waals surface area contributed by atoms with Crippen molar-refractivity contribution >= 4 is 5.91 Å². The average molecular weight is 342 g/mol. The molecule has 4 unspecified atom stereocenters. The molecule has 25 heavy (non-hydrogen) atoms. The van der Waals surface area contributed by atoms with Gasteiger partial charge in [-0.3, -0.25) is 9.59 Å². The lowest BCUT2D eigenvalue weighted by atomic mass is 9.92. The van der Waals surface area contributed by atoms with Crippen molar-refractivity contribution in [2.24, 2.45) is 17.8 Å². The predicted molar refractivity (Wildman–Crippen MR) is 93.9 cm³/mol. The summed E-state index contributed by atoms with van der Waals surface area (Å²) in [6, 6.07) is -0.371. The zero-order chi connectivity index (χ0) is 17.4. The first-order valence-corrected chi connectivity index (χ1v) is 9.61. The summed E-state index contributed by atoms with van der Waals surface area (Å²) < 4.78 is 0. The molecule has 1 amide bonds. The van der Waals surface area contributed by atoms with E-state index in [9.17, 15) is 9.59 Å². The van der Waals surface area contributed by atoms with Gasteiger partial charge in [0.15, 0.2) is 5.69 Å². The van der Waals surface area contributed by atoms with Crippen LogP contribution >= 0.6 is 0 Å². The van der Waals surface area contributed by atoms with E-state index >= 15 is 0 Å². The molecule has 1 heterocycles. The summed E-state index contributed by atoms with van der Waals surface area (Å²) in [6.45, 7) is 1.96. The van der Waals surface area contributed by atoms with E-state index in [4.69, 9.17) is 0 Å². The van der Waals surface area contributed by atoms with E-state index in [1.165, 1.54) is 12.8 Å². The first-order valence-electron chi connectivity index (χ1n) is 9.61. The SMILES string of the molecule is CCC(NC(=O)C1CC2C=CC1C2)c1nnc(C2CCCC2)[nH]c1=O. The van der Waals surface area contributed by atoms with Crippen LogP contribution in [0.5, 0.6) is 0 Å². The summed E-state index contributed by atoms with van der Waals surface area (Å²) in [6.07, 6.45) is 11.5. The Morgan fingerprint density at radius 2 is 2.08 bits per heavy atom. The van der Waals surface area contributed by atoms with E-state index in [1.54, 1.807) is 0 Å². The molecular weight excluding hydrogens is 316 g/mol. The fourth-order valence-corrected chi connectivity index (χ4v) is 4.69. The van der Waals surface area contributed by atoms with Gasteiger partial charge in [-0.15, -0.1) is 10.2 Å². The van der Waals surface area contributed by atoms with Crippen LogP contribution in [-0.4, -0.2) is 21.1 Å². The van der Waals surface area contributed by atoms with Crippen molar-refractivity contribution < 1.29 is 4.79 Å². The van der Waals surface area contributed by atoms with Crippen LogP contribution < -0.4 is 10.9 Å². The number of aromatic nitrogens is 3. The molecule has 0 aliphatic heterocycles. The molecule has 1 aromatic heterocycles. The molecule has 2 saturated carbocycles. The molecular formula is C19H26N4O2. The van der Waals surface area contributed by atoms with Gasteiger partial charge in [-0.25, -0.2) is 0 Å². The highest BCUT2D eigenvalue weighted by atomic mass is 16.2. The highest BCUT2D eigenvalue weighted by Gasteiger charge is 2.40. The fourth-order valence-electron chi connectivity index (χ4n) is 4.69. The summed E-state index contributed by atoms with van der Waals surface area (Å²) in [7, 11) is 0. The quantitative estimate of drug-likeness (QED) is 0.805. The molecule has 2 N–H and O–H groups in total. The van der Waals surface area contributed by atoms with Gasteiger partial charge in [-0.05, 0) is 43.9 Å². The number of allylic oxidation sites excluding steroid dienone is 2. The molecule has 6 heteroatoms. The Hall–Kier alpha value is -1.98. The molecule has 134 valence electrons. The molecule has 0 spiro atoms. The third kappa shape index (κ3) is 3.14. The van der Waals surface area contributed by atoms with Crippen molar-refractivity contribution in [1.29, 1.82) is 0 Å². The number of nitrogens with one attached hydrogen (secondary N) is 2. The van der Waals surface area contributed by atoms with E-state index in [2.05, 4.69) is 32.7 Å². The Balaban J connectivity index is 1.48. The van der Waals surface area contributed by atoms with Crippen molar-refractivity contribution in [2.45, 2.75) is 63.8 Å². The largest absolute Gasteiger partial charge is 0.347 e. The smallest absolute Gasteiger partial charge is 0.275 e. The number of aromatic amines is 1. The number of carbonyl (C=O) groups is 1. The maximum Gasteiger partial charge on any atom is 0.275 e. The van der Waals surface area contributed by atoms with Crippen LogP contribution in [0, 0.1) is 17.8 Å². The van der Waals surface area contributed by atoms with Crippen molar-refractivity contribution in [3.8, 4) is 0 Å². The highest BCUT2D eigenvalue weighted by Crippen LogP contribution is 2.43. The molecule has 2 fully saturated rings. The lowest BCUT2D eigenvalue weighted by Crippen LogP contribution is -2.38. The predicted octanol–water partition coefficient (Wildman–Crippen LogP) is 2.60. The maximum absolute atomic E-state index is 12.7. The van der Waals surface area contributed by atoms with Crippen LogP contribution in [0.2, 0.25) is 0 Å². The summed E-state index contributed by atoms with van der Waals surface area (Å²) in [5.41, 5.74) is 0.119. The minimum atomic E-state index is -0.371. The molecule has 4 rings (SSSR count). The van der Waals surface area contributed by atoms with E-state index in [0.717, 1.165) is 25.7 Å². The van der Waals surface area contributed by atoms with Gasteiger partial charge in [-0.1, -0.05) is 31.9 Å². The van der Waals surface area contributed by atoms with Crippen LogP contribution in [0.1, 0.15) is 75.3 Å². The second-order valence-electron chi connectivity index (χ2n) is 7.76. The van der Waals surface area contributed by atoms with Crippen LogP contribution in [0.4, 0.5) is 0 Å². The molecule has 4 atom stereocenters. The Morgan fingerprint density at radius 1 is 1.28 bits per heavy atom.